The minimum absolute atomic E-state index is 0.000718. The number of hydrogen-bond acceptors (Lipinski definition) is 2. The number of nitrogens with zero attached hydrogens (tertiary/aromatic N) is 2. The number of carbonyl (C=O) groups excluding carboxylic acids is 1. The van der Waals surface area contributed by atoms with Gasteiger partial charge in [0.1, 0.15) is 6.04 Å². The summed E-state index contributed by atoms with van der Waals surface area (Å²) in [5.41, 5.74) is 2.21. The number of rotatable bonds is 3. The van der Waals surface area contributed by atoms with Crippen LogP contribution in [0.4, 0.5) is 4.79 Å². The summed E-state index contributed by atoms with van der Waals surface area (Å²) in [6.45, 7) is 4.89. The summed E-state index contributed by atoms with van der Waals surface area (Å²) in [5.74, 6) is -0.920. The number of aliphatic carboxylic acids is 1. The Bertz CT molecular complexity index is 527. The molecule has 1 heterocycles. The first kappa shape index (κ1) is 15.4. The number of benzene rings is 1. The van der Waals surface area contributed by atoms with E-state index in [4.69, 9.17) is 0 Å². The van der Waals surface area contributed by atoms with Gasteiger partial charge in [0.25, 0.3) is 0 Å². The lowest BCUT2D eigenvalue weighted by atomic mass is 10.0. The van der Waals surface area contributed by atoms with Crippen LogP contribution >= 0.6 is 0 Å². The van der Waals surface area contributed by atoms with Crippen LogP contribution in [0.2, 0.25) is 0 Å². The van der Waals surface area contributed by atoms with E-state index in [-0.39, 0.29) is 11.9 Å². The van der Waals surface area contributed by atoms with E-state index in [9.17, 15) is 14.7 Å². The maximum atomic E-state index is 12.5. The minimum atomic E-state index is -0.919. The molecule has 0 saturated carbocycles. The molecular weight excluding hydrogens is 268 g/mol. The lowest BCUT2D eigenvalue weighted by Crippen LogP contribution is -2.47. The third-order valence-electron chi connectivity index (χ3n) is 4.07. The van der Waals surface area contributed by atoms with Crippen molar-refractivity contribution in [2.24, 2.45) is 5.92 Å². The molecule has 2 unspecified atom stereocenters. The highest BCUT2D eigenvalue weighted by atomic mass is 16.4. The first-order valence-corrected chi connectivity index (χ1v) is 7.20. The van der Waals surface area contributed by atoms with E-state index in [1.54, 1.807) is 11.9 Å². The molecule has 1 aliphatic rings. The summed E-state index contributed by atoms with van der Waals surface area (Å²) in [6.07, 6.45) is 0.737. The van der Waals surface area contributed by atoms with Crippen molar-refractivity contribution in [1.29, 1.82) is 0 Å². The van der Waals surface area contributed by atoms with Gasteiger partial charge in [-0.25, -0.2) is 9.59 Å². The monoisotopic (exact) mass is 290 g/mol. The molecule has 1 fully saturated rings. The highest BCUT2D eigenvalue weighted by molar-refractivity contribution is 5.83. The van der Waals surface area contributed by atoms with Crippen LogP contribution in [0.5, 0.6) is 0 Å². The Balaban J connectivity index is 2.05. The van der Waals surface area contributed by atoms with Crippen molar-refractivity contribution >= 4 is 12.0 Å². The van der Waals surface area contributed by atoms with Gasteiger partial charge in [-0.05, 0) is 24.8 Å². The number of hydrogen-bond donors (Lipinski definition) is 1. The first-order chi connectivity index (χ1) is 9.90. The van der Waals surface area contributed by atoms with Crippen LogP contribution in [-0.4, -0.2) is 46.5 Å². The Morgan fingerprint density at radius 3 is 2.52 bits per heavy atom. The molecule has 21 heavy (non-hydrogen) atoms. The van der Waals surface area contributed by atoms with Gasteiger partial charge in [-0.1, -0.05) is 36.8 Å². The average Bonchev–Trinajstić information content (AvgIpc) is 2.82. The second-order valence-corrected chi connectivity index (χ2v) is 5.87. The van der Waals surface area contributed by atoms with Crippen molar-refractivity contribution in [3.8, 4) is 0 Å². The molecule has 0 aliphatic carbocycles. The molecule has 1 aliphatic heterocycles. The van der Waals surface area contributed by atoms with Crippen LogP contribution in [-0.2, 0) is 11.3 Å². The average molecular weight is 290 g/mol. The van der Waals surface area contributed by atoms with Crippen molar-refractivity contribution in [1.82, 2.24) is 9.80 Å². The fraction of sp³-hybridized carbons (Fsp3) is 0.500. The number of carboxylic acid groups (broad SMARTS) is 1. The Morgan fingerprint density at radius 1 is 1.33 bits per heavy atom. The van der Waals surface area contributed by atoms with Gasteiger partial charge in [0, 0.05) is 20.1 Å². The second kappa shape index (κ2) is 6.16. The molecule has 1 aromatic carbocycles. The highest BCUT2D eigenvalue weighted by Gasteiger charge is 2.40. The number of amides is 2. The van der Waals surface area contributed by atoms with Gasteiger partial charge < -0.3 is 14.9 Å². The van der Waals surface area contributed by atoms with E-state index in [2.05, 4.69) is 0 Å². The van der Waals surface area contributed by atoms with E-state index in [1.807, 2.05) is 38.1 Å². The smallest absolute Gasteiger partial charge is 0.326 e. The summed E-state index contributed by atoms with van der Waals surface area (Å²) < 4.78 is 0. The van der Waals surface area contributed by atoms with Gasteiger partial charge in [0.05, 0.1) is 0 Å². The number of likely N-dealkylation sites (tertiary alicyclic amines) is 1. The lowest BCUT2D eigenvalue weighted by molar-refractivity contribution is -0.142. The van der Waals surface area contributed by atoms with E-state index in [1.165, 1.54) is 10.5 Å². The van der Waals surface area contributed by atoms with Gasteiger partial charge in [-0.2, -0.15) is 0 Å². The van der Waals surface area contributed by atoms with Crippen LogP contribution < -0.4 is 0 Å². The number of aryl methyl sites for hydroxylation is 1. The minimum Gasteiger partial charge on any atom is -0.480 e. The molecule has 2 atom stereocenters. The third-order valence-corrected chi connectivity index (χ3v) is 4.07. The number of urea groups is 1. The summed E-state index contributed by atoms with van der Waals surface area (Å²) in [4.78, 5) is 26.9. The summed E-state index contributed by atoms with van der Waals surface area (Å²) in [5, 5.41) is 9.29. The SMILES string of the molecule is Cc1ccc(CN(C)C(=O)N2CCC(C)C2C(=O)O)cc1. The van der Waals surface area contributed by atoms with Crippen molar-refractivity contribution in [3.63, 3.8) is 0 Å². The molecule has 1 N–H and O–H groups in total. The largest absolute Gasteiger partial charge is 0.480 e. The first-order valence-electron chi connectivity index (χ1n) is 7.20. The molecule has 1 aromatic rings. The third kappa shape index (κ3) is 3.35. The molecule has 0 radical (unpaired) electrons. The van der Waals surface area contributed by atoms with Gasteiger partial charge in [-0.3, -0.25) is 0 Å². The van der Waals surface area contributed by atoms with Gasteiger partial charge in [0.2, 0.25) is 0 Å². The quantitative estimate of drug-likeness (QED) is 0.929. The van der Waals surface area contributed by atoms with Crippen molar-refractivity contribution in [2.75, 3.05) is 13.6 Å². The number of carbonyl (C=O) groups is 2. The molecule has 1 saturated heterocycles. The summed E-state index contributed by atoms with van der Waals surface area (Å²) in [6, 6.07) is 7.06. The molecule has 2 amide bonds. The fourth-order valence-electron chi connectivity index (χ4n) is 2.79. The van der Waals surface area contributed by atoms with Crippen LogP contribution in [0.15, 0.2) is 24.3 Å². The molecule has 0 spiro atoms. The van der Waals surface area contributed by atoms with Crippen molar-refractivity contribution < 1.29 is 14.7 Å². The van der Waals surface area contributed by atoms with Crippen LogP contribution in [0.25, 0.3) is 0 Å². The van der Waals surface area contributed by atoms with Gasteiger partial charge >= 0.3 is 12.0 Å². The zero-order valence-electron chi connectivity index (χ0n) is 12.7. The van der Waals surface area contributed by atoms with E-state index in [0.29, 0.717) is 13.1 Å². The number of carboxylic acids is 1. The van der Waals surface area contributed by atoms with E-state index in [0.717, 1.165) is 12.0 Å². The lowest BCUT2D eigenvalue weighted by Gasteiger charge is -2.28. The molecule has 5 nitrogen and oxygen atoms in total. The summed E-state index contributed by atoms with van der Waals surface area (Å²) in [7, 11) is 1.71. The molecule has 114 valence electrons. The maximum Gasteiger partial charge on any atom is 0.326 e. The molecule has 5 heteroatoms. The van der Waals surface area contributed by atoms with Crippen molar-refractivity contribution in [2.45, 2.75) is 32.9 Å². The zero-order valence-corrected chi connectivity index (χ0v) is 12.7. The van der Waals surface area contributed by atoms with Crippen molar-refractivity contribution in [3.05, 3.63) is 35.4 Å². The Kier molecular flexibility index (Phi) is 4.50. The van der Waals surface area contributed by atoms with E-state index >= 15 is 0 Å². The normalized spacial score (nSPS) is 21.4. The van der Waals surface area contributed by atoms with E-state index < -0.39 is 12.0 Å². The van der Waals surface area contributed by atoms with Crippen LogP contribution in [0.3, 0.4) is 0 Å². The Morgan fingerprint density at radius 2 is 1.95 bits per heavy atom. The predicted molar refractivity (Wildman–Crippen MR) is 80.0 cm³/mol. The van der Waals surface area contributed by atoms with Crippen LogP contribution in [0.1, 0.15) is 24.5 Å². The predicted octanol–water partition coefficient (Wildman–Crippen LogP) is 2.34. The maximum absolute atomic E-state index is 12.5. The molecular formula is C16H22N2O3. The van der Waals surface area contributed by atoms with Gasteiger partial charge in [0.15, 0.2) is 0 Å². The zero-order chi connectivity index (χ0) is 15.6. The molecule has 0 bridgehead atoms. The van der Waals surface area contributed by atoms with Gasteiger partial charge in [-0.15, -0.1) is 0 Å². The Labute approximate surface area is 125 Å². The topological polar surface area (TPSA) is 60.9 Å². The molecule has 2 rings (SSSR count). The summed E-state index contributed by atoms with van der Waals surface area (Å²) >= 11 is 0. The van der Waals surface area contributed by atoms with Crippen LogP contribution in [0, 0.1) is 12.8 Å². The molecule has 0 aromatic heterocycles. The standard InChI is InChI=1S/C16H22N2O3/c1-11-4-6-13(7-5-11)10-17(3)16(21)18-9-8-12(2)14(18)15(19)20/h4-7,12,14H,8-10H2,1-3H3,(H,19,20). The highest BCUT2D eigenvalue weighted by Crippen LogP contribution is 2.25. The Hall–Kier alpha value is -2.04. The second-order valence-electron chi connectivity index (χ2n) is 5.87. The fourth-order valence-corrected chi connectivity index (χ4v) is 2.79.